The van der Waals surface area contributed by atoms with Crippen molar-refractivity contribution in [2.75, 3.05) is 19.7 Å². The van der Waals surface area contributed by atoms with Crippen molar-refractivity contribution in [1.29, 1.82) is 0 Å². The first-order chi connectivity index (χ1) is 11.5. The van der Waals surface area contributed by atoms with Crippen LogP contribution in [0.3, 0.4) is 0 Å². The lowest BCUT2D eigenvalue weighted by atomic mass is 9.79. The van der Waals surface area contributed by atoms with Gasteiger partial charge in [-0.1, -0.05) is 0 Å². The zero-order valence-corrected chi connectivity index (χ0v) is 14.9. The number of nitrogens with zero attached hydrogens (tertiary/aromatic N) is 3. The summed E-state index contributed by atoms with van der Waals surface area (Å²) in [7, 11) is 0. The lowest BCUT2D eigenvalue weighted by Gasteiger charge is -2.48. The van der Waals surface area contributed by atoms with Crippen molar-refractivity contribution in [3.05, 3.63) is 17.0 Å². The highest BCUT2D eigenvalue weighted by Crippen LogP contribution is 2.39. The van der Waals surface area contributed by atoms with E-state index in [1.165, 1.54) is 6.42 Å². The van der Waals surface area contributed by atoms with Gasteiger partial charge in [-0.25, -0.2) is 0 Å². The molecule has 3 heterocycles. The molecule has 1 saturated heterocycles. The maximum Gasteiger partial charge on any atom is 0.272 e. The molecule has 2 atom stereocenters. The fourth-order valence-corrected chi connectivity index (χ4v) is 4.30. The van der Waals surface area contributed by atoms with E-state index in [0.717, 1.165) is 42.8 Å². The third-order valence-electron chi connectivity index (χ3n) is 5.70. The molecule has 132 valence electrons. The van der Waals surface area contributed by atoms with E-state index in [9.17, 15) is 4.79 Å². The van der Waals surface area contributed by atoms with Crippen molar-refractivity contribution in [2.45, 2.75) is 70.8 Å². The van der Waals surface area contributed by atoms with Crippen LogP contribution < -0.4 is 0 Å². The van der Waals surface area contributed by atoms with E-state index in [-0.39, 0.29) is 23.7 Å². The Labute approximate surface area is 143 Å². The van der Waals surface area contributed by atoms with Gasteiger partial charge in [-0.3, -0.25) is 9.48 Å². The third-order valence-corrected chi connectivity index (χ3v) is 5.70. The number of amides is 1. The van der Waals surface area contributed by atoms with Gasteiger partial charge in [0.2, 0.25) is 0 Å². The van der Waals surface area contributed by atoms with Crippen LogP contribution in [0.2, 0.25) is 0 Å². The van der Waals surface area contributed by atoms with E-state index in [1.807, 2.05) is 23.4 Å². The van der Waals surface area contributed by atoms with Gasteiger partial charge in [-0.05, 0) is 40.0 Å². The molecule has 0 aromatic carbocycles. The summed E-state index contributed by atoms with van der Waals surface area (Å²) < 4.78 is 13.7. The first-order valence-electron chi connectivity index (χ1n) is 9.21. The van der Waals surface area contributed by atoms with E-state index in [1.54, 1.807) is 0 Å². The summed E-state index contributed by atoms with van der Waals surface area (Å²) >= 11 is 0. The van der Waals surface area contributed by atoms with Crippen LogP contribution in [0.5, 0.6) is 0 Å². The van der Waals surface area contributed by atoms with Gasteiger partial charge in [0.25, 0.3) is 5.91 Å². The van der Waals surface area contributed by atoms with Gasteiger partial charge >= 0.3 is 0 Å². The Hall–Kier alpha value is -1.40. The van der Waals surface area contributed by atoms with Crippen LogP contribution in [0.25, 0.3) is 0 Å². The fraction of sp³-hybridized carbons (Fsp3) is 0.778. The average molecular weight is 333 g/mol. The zero-order chi connectivity index (χ0) is 16.9. The van der Waals surface area contributed by atoms with Crippen molar-refractivity contribution < 1.29 is 14.3 Å². The highest BCUT2D eigenvalue weighted by atomic mass is 16.5. The summed E-state index contributed by atoms with van der Waals surface area (Å²) in [6, 6.07) is 0. The number of aromatic nitrogens is 2. The Bertz CT molecular complexity index is 650. The number of hydrogen-bond donors (Lipinski definition) is 0. The Morgan fingerprint density at radius 3 is 2.83 bits per heavy atom. The largest absolute Gasteiger partial charge is 0.371 e. The van der Waals surface area contributed by atoms with Crippen molar-refractivity contribution in [1.82, 2.24) is 14.7 Å². The van der Waals surface area contributed by atoms with E-state index >= 15 is 0 Å². The summed E-state index contributed by atoms with van der Waals surface area (Å²) in [5, 5.41) is 4.68. The van der Waals surface area contributed by atoms with Gasteiger partial charge < -0.3 is 14.4 Å². The summed E-state index contributed by atoms with van der Waals surface area (Å²) in [6.45, 7) is 8.86. The molecule has 4 rings (SSSR count). The monoisotopic (exact) mass is 333 g/mol. The summed E-state index contributed by atoms with van der Waals surface area (Å²) in [4.78, 5) is 15.3. The minimum atomic E-state index is -0.0747. The third kappa shape index (κ3) is 2.47. The molecule has 0 bridgehead atoms. The Balaban J connectivity index is 1.66. The lowest BCUT2D eigenvalue weighted by molar-refractivity contribution is -0.142. The van der Waals surface area contributed by atoms with Crippen LogP contribution in [0, 0.1) is 0 Å². The molecular weight excluding hydrogens is 306 g/mol. The van der Waals surface area contributed by atoms with Crippen LogP contribution in [0.4, 0.5) is 0 Å². The molecular formula is C18H27N3O3. The van der Waals surface area contributed by atoms with Gasteiger partial charge in [0.15, 0.2) is 0 Å². The summed E-state index contributed by atoms with van der Waals surface area (Å²) in [6.07, 6.45) is 4.18. The molecule has 6 nitrogen and oxygen atoms in total. The predicted molar refractivity (Wildman–Crippen MR) is 89.0 cm³/mol. The number of hydrogen-bond acceptors (Lipinski definition) is 4. The summed E-state index contributed by atoms with van der Waals surface area (Å²) in [5.41, 5.74) is 2.72. The van der Waals surface area contributed by atoms with Gasteiger partial charge in [0.1, 0.15) is 5.69 Å². The molecule has 1 saturated carbocycles. The zero-order valence-electron chi connectivity index (χ0n) is 14.9. The number of carbonyl (C=O) groups is 1. The van der Waals surface area contributed by atoms with Crippen LogP contribution in [-0.4, -0.2) is 52.0 Å². The molecule has 0 N–H and O–H groups in total. The van der Waals surface area contributed by atoms with Crippen molar-refractivity contribution >= 4 is 5.91 Å². The molecule has 2 fully saturated rings. The van der Waals surface area contributed by atoms with Crippen LogP contribution in [0.1, 0.15) is 67.9 Å². The van der Waals surface area contributed by atoms with Gasteiger partial charge in [-0.15, -0.1) is 0 Å². The molecule has 1 amide bonds. The molecule has 6 heteroatoms. The maximum atomic E-state index is 13.3. The topological polar surface area (TPSA) is 56.6 Å². The standard InChI is InChI=1S/C18H27N3O3/c1-4-21-16(14-10-12(2)24-13(3)15(14)19-21)17(22)20-8-9-23-18(11-20)6-5-7-18/h12-13H,4-11H2,1-3H3/t12-,13+/m0/s1. The highest BCUT2D eigenvalue weighted by Gasteiger charge is 2.44. The molecule has 0 radical (unpaired) electrons. The van der Waals surface area contributed by atoms with Gasteiger partial charge in [0, 0.05) is 25.1 Å². The quantitative estimate of drug-likeness (QED) is 0.833. The van der Waals surface area contributed by atoms with Crippen LogP contribution in [-0.2, 0) is 22.4 Å². The van der Waals surface area contributed by atoms with E-state index < -0.39 is 0 Å². The number of fused-ring (bicyclic) bond motifs is 1. The van der Waals surface area contributed by atoms with Gasteiger partial charge in [-0.2, -0.15) is 5.10 Å². The molecule has 1 aromatic rings. The first-order valence-corrected chi connectivity index (χ1v) is 9.21. The van der Waals surface area contributed by atoms with E-state index in [2.05, 4.69) is 12.0 Å². The normalized spacial score (nSPS) is 28.5. The van der Waals surface area contributed by atoms with E-state index in [4.69, 9.17) is 9.47 Å². The minimum absolute atomic E-state index is 0.0502. The lowest BCUT2D eigenvalue weighted by Crippen LogP contribution is -2.57. The number of carbonyl (C=O) groups excluding carboxylic acids is 1. The maximum absolute atomic E-state index is 13.3. The highest BCUT2D eigenvalue weighted by molar-refractivity contribution is 5.94. The second-order valence-electron chi connectivity index (χ2n) is 7.43. The molecule has 1 aromatic heterocycles. The Morgan fingerprint density at radius 2 is 2.17 bits per heavy atom. The number of rotatable bonds is 2. The van der Waals surface area contributed by atoms with Crippen molar-refractivity contribution in [3.8, 4) is 0 Å². The average Bonchev–Trinajstić information content (AvgIpc) is 2.91. The second-order valence-corrected chi connectivity index (χ2v) is 7.43. The number of morpholine rings is 1. The SMILES string of the molecule is CCn1nc2c(c1C(=O)N1CCOC3(CCC3)C1)C[C@H](C)O[C@@H]2C. The second kappa shape index (κ2) is 5.85. The molecule has 0 unspecified atom stereocenters. The minimum Gasteiger partial charge on any atom is -0.371 e. The number of ether oxygens (including phenoxy) is 2. The molecule has 3 aliphatic rings. The smallest absolute Gasteiger partial charge is 0.272 e. The van der Waals surface area contributed by atoms with Gasteiger partial charge in [0.05, 0.1) is 36.7 Å². The summed E-state index contributed by atoms with van der Waals surface area (Å²) in [5.74, 6) is 0.112. The first kappa shape index (κ1) is 16.1. The Morgan fingerprint density at radius 1 is 1.38 bits per heavy atom. The molecule has 1 spiro atoms. The van der Waals surface area contributed by atoms with E-state index in [0.29, 0.717) is 19.7 Å². The number of aryl methyl sites for hydroxylation is 1. The van der Waals surface area contributed by atoms with Crippen molar-refractivity contribution in [3.63, 3.8) is 0 Å². The van der Waals surface area contributed by atoms with Crippen molar-refractivity contribution in [2.24, 2.45) is 0 Å². The molecule has 1 aliphatic carbocycles. The molecule has 2 aliphatic heterocycles. The predicted octanol–water partition coefficient (Wildman–Crippen LogP) is 2.32. The Kier molecular flexibility index (Phi) is 3.92. The molecule has 24 heavy (non-hydrogen) atoms. The van der Waals surface area contributed by atoms with Crippen LogP contribution in [0.15, 0.2) is 0 Å². The van der Waals surface area contributed by atoms with Crippen LogP contribution >= 0.6 is 0 Å². The fourth-order valence-electron chi connectivity index (χ4n) is 4.30.